The van der Waals surface area contributed by atoms with E-state index in [0.717, 1.165) is 23.7 Å². The van der Waals surface area contributed by atoms with Crippen LogP contribution >= 0.6 is 11.6 Å². The number of nitrogens with zero attached hydrogens (tertiary/aromatic N) is 2. The van der Waals surface area contributed by atoms with Gasteiger partial charge in [-0.25, -0.2) is 13.1 Å². The molecule has 0 saturated carbocycles. The number of benzene rings is 2. The summed E-state index contributed by atoms with van der Waals surface area (Å²) in [5, 5.41) is 3.98. The van der Waals surface area contributed by atoms with Crippen molar-refractivity contribution in [1.82, 2.24) is 9.78 Å². The van der Waals surface area contributed by atoms with E-state index in [1.807, 2.05) is 0 Å². The van der Waals surface area contributed by atoms with E-state index in [-0.39, 0.29) is 16.0 Å². The Bertz CT molecular complexity index is 1190. The minimum atomic E-state index is -4.74. The van der Waals surface area contributed by atoms with Crippen LogP contribution in [-0.2, 0) is 25.5 Å². The van der Waals surface area contributed by atoms with Gasteiger partial charge in [0.05, 0.1) is 10.6 Å². The van der Waals surface area contributed by atoms with E-state index in [2.05, 4.69) is 9.84 Å². The first-order valence-corrected chi connectivity index (χ1v) is 10.4. The van der Waals surface area contributed by atoms with Gasteiger partial charge in [-0.2, -0.15) is 18.3 Å². The first-order chi connectivity index (χ1) is 14.0. The predicted octanol–water partition coefficient (Wildman–Crippen LogP) is 4.51. The number of carbonyl (C=O) groups excluding carboxylic acids is 1. The number of hydrogen-bond donors (Lipinski definition) is 0. The van der Waals surface area contributed by atoms with Gasteiger partial charge in [-0.15, -0.1) is 0 Å². The highest BCUT2D eigenvalue weighted by Crippen LogP contribution is 2.37. The van der Waals surface area contributed by atoms with E-state index in [1.165, 1.54) is 24.4 Å². The molecule has 0 spiro atoms. The van der Waals surface area contributed by atoms with Crippen LogP contribution in [0.5, 0.6) is 0 Å². The number of carbonyl (C=O) groups is 1. The van der Waals surface area contributed by atoms with Gasteiger partial charge >= 0.3 is 12.1 Å². The van der Waals surface area contributed by atoms with Crippen LogP contribution in [0.4, 0.5) is 13.2 Å². The van der Waals surface area contributed by atoms with Crippen LogP contribution in [-0.4, -0.2) is 30.1 Å². The van der Waals surface area contributed by atoms with Gasteiger partial charge in [-0.05, 0) is 35.9 Å². The summed E-state index contributed by atoms with van der Waals surface area (Å²) in [5.41, 5.74) is -0.911. The Morgan fingerprint density at radius 1 is 1.17 bits per heavy atom. The summed E-state index contributed by atoms with van der Waals surface area (Å²) in [6.07, 6.45) is -3.55. The molecule has 0 aliphatic carbocycles. The van der Waals surface area contributed by atoms with E-state index >= 15 is 0 Å². The summed E-state index contributed by atoms with van der Waals surface area (Å²) in [6.45, 7) is 1.06. The van der Waals surface area contributed by atoms with Gasteiger partial charge in [0.15, 0.2) is 11.6 Å². The third-order valence-electron chi connectivity index (χ3n) is 4.00. The third-order valence-corrected chi connectivity index (χ3v) is 5.65. The molecule has 0 N–H and O–H groups in total. The number of halogens is 4. The van der Waals surface area contributed by atoms with Crippen molar-refractivity contribution in [2.45, 2.75) is 18.0 Å². The molecule has 0 saturated heterocycles. The zero-order valence-electron chi connectivity index (χ0n) is 15.4. The Balaban J connectivity index is 2.02. The van der Waals surface area contributed by atoms with Crippen LogP contribution in [0.2, 0.25) is 5.02 Å². The van der Waals surface area contributed by atoms with Crippen LogP contribution in [0, 0.1) is 0 Å². The molecule has 0 atom stereocenters. The Hall–Kier alpha value is -2.85. The van der Waals surface area contributed by atoms with E-state index in [9.17, 15) is 26.4 Å². The fourth-order valence-electron chi connectivity index (χ4n) is 2.62. The molecule has 11 heteroatoms. The maximum absolute atomic E-state index is 13.5. The molecule has 0 bridgehead atoms. The number of ether oxygens (including phenoxy) is 1. The van der Waals surface area contributed by atoms with Gasteiger partial charge in [0.1, 0.15) is 0 Å². The van der Waals surface area contributed by atoms with E-state index in [0.29, 0.717) is 10.7 Å². The second kappa shape index (κ2) is 8.11. The van der Waals surface area contributed by atoms with Crippen LogP contribution < -0.4 is 0 Å². The van der Waals surface area contributed by atoms with E-state index in [1.54, 1.807) is 18.2 Å². The van der Waals surface area contributed by atoms with Gasteiger partial charge in [0.2, 0.25) is 9.84 Å². The largest absolute Gasteiger partial charge is 0.449 e. The molecule has 3 aromatic rings. The molecule has 0 unspecified atom stereocenters. The normalized spacial score (nSPS) is 12.0. The van der Waals surface area contributed by atoms with Crippen molar-refractivity contribution in [2.75, 3.05) is 5.94 Å². The van der Waals surface area contributed by atoms with Gasteiger partial charge in [0.25, 0.3) is 0 Å². The molecule has 158 valence electrons. The Morgan fingerprint density at radius 3 is 2.40 bits per heavy atom. The zero-order valence-corrected chi connectivity index (χ0v) is 16.9. The minimum absolute atomic E-state index is 0.113. The zero-order chi connectivity index (χ0) is 22.1. The quantitative estimate of drug-likeness (QED) is 0.526. The first kappa shape index (κ1) is 21.8. The molecule has 0 amide bonds. The minimum Gasteiger partial charge on any atom is -0.449 e. The first-order valence-electron chi connectivity index (χ1n) is 8.37. The highest BCUT2D eigenvalue weighted by atomic mass is 35.5. The van der Waals surface area contributed by atoms with Crippen molar-refractivity contribution in [3.8, 4) is 16.8 Å². The fourth-order valence-corrected chi connectivity index (χ4v) is 3.81. The standard InChI is InChI=1S/C19H14ClF3N2O4S/c1-12(26)29-11-30(27,28)16-7-5-13(6-8-16)17-10-25(24-18(17)19(21,22)23)15-4-2-3-14(20)9-15/h2-10H,11H2,1H3. The van der Waals surface area contributed by atoms with Crippen molar-refractivity contribution < 1.29 is 31.1 Å². The lowest BCUT2D eigenvalue weighted by molar-refractivity contribution is -0.141. The fraction of sp³-hybridized carbons (Fsp3) is 0.158. The highest BCUT2D eigenvalue weighted by molar-refractivity contribution is 7.91. The Labute approximate surface area is 174 Å². The summed E-state index contributed by atoms with van der Waals surface area (Å²) in [7, 11) is -3.94. The van der Waals surface area contributed by atoms with Crippen LogP contribution in [0.15, 0.2) is 59.6 Å². The van der Waals surface area contributed by atoms with E-state index in [4.69, 9.17) is 11.6 Å². The molecule has 1 aromatic heterocycles. The van der Waals surface area contributed by atoms with Gasteiger partial charge in [-0.1, -0.05) is 29.8 Å². The molecule has 0 radical (unpaired) electrons. The molecule has 0 fully saturated rings. The lowest BCUT2D eigenvalue weighted by Crippen LogP contribution is -2.12. The van der Waals surface area contributed by atoms with Crippen molar-refractivity contribution in [3.63, 3.8) is 0 Å². The van der Waals surface area contributed by atoms with Crippen LogP contribution in [0.25, 0.3) is 16.8 Å². The average Bonchev–Trinajstić information content (AvgIpc) is 3.13. The maximum atomic E-state index is 13.5. The van der Waals surface area contributed by atoms with Gasteiger partial charge < -0.3 is 4.74 Å². The Kier molecular flexibility index (Phi) is 5.91. The van der Waals surface area contributed by atoms with E-state index < -0.39 is 33.6 Å². The number of esters is 1. The lowest BCUT2D eigenvalue weighted by Gasteiger charge is -2.08. The summed E-state index contributed by atoms with van der Waals surface area (Å²) < 4.78 is 70.5. The second-order valence-corrected chi connectivity index (χ2v) is 8.58. The molecule has 30 heavy (non-hydrogen) atoms. The smallest absolute Gasteiger partial charge is 0.435 e. The molecule has 6 nitrogen and oxygen atoms in total. The maximum Gasteiger partial charge on any atom is 0.435 e. The second-order valence-electron chi connectivity index (χ2n) is 6.21. The monoisotopic (exact) mass is 458 g/mol. The van der Waals surface area contributed by atoms with Crippen molar-refractivity contribution >= 4 is 27.4 Å². The molecular weight excluding hydrogens is 445 g/mol. The molecule has 0 aliphatic heterocycles. The number of alkyl halides is 3. The predicted molar refractivity (Wildman–Crippen MR) is 103 cm³/mol. The van der Waals surface area contributed by atoms with Gasteiger partial charge in [0, 0.05) is 23.7 Å². The van der Waals surface area contributed by atoms with Gasteiger partial charge in [-0.3, -0.25) is 4.79 Å². The number of hydrogen-bond acceptors (Lipinski definition) is 5. The van der Waals surface area contributed by atoms with Crippen molar-refractivity contribution in [2.24, 2.45) is 0 Å². The number of rotatable bonds is 5. The molecule has 0 aliphatic rings. The Morgan fingerprint density at radius 2 is 1.83 bits per heavy atom. The third kappa shape index (κ3) is 4.82. The summed E-state index contributed by atoms with van der Waals surface area (Å²) in [6, 6.07) is 10.9. The SMILES string of the molecule is CC(=O)OCS(=O)(=O)c1ccc(-c2cn(-c3cccc(Cl)c3)nc2C(F)(F)F)cc1. The van der Waals surface area contributed by atoms with Crippen molar-refractivity contribution in [1.29, 1.82) is 0 Å². The van der Waals surface area contributed by atoms with Crippen LogP contribution in [0.1, 0.15) is 12.6 Å². The highest BCUT2D eigenvalue weighted by Gasteiger charge is 2.37. The number of aromatic nitrogens is 2. The summed E-state index contributed by atoms with van der Waals surface area (Å²) >= 11 is 5.90. The lowest BCUT2D eigenvalue weighted by atomic mass is 10.1. The van der Waals surface area contributed by atoms with Crippen molar-refractivity contribution in [3.05, 3.63) is 65.4 Å². The number of sulfone groups is 1. The molecular formula is C19H14ClF3N2O4S. The topological polar surface area (TPSA) is 78.3 Å². The molecule has 2 aromatic carbocycles. The van der Waals surface area contributed by atoms with Crippen LogP contribution in [0.3, 0.4) is 0 Å². The average molecular weight is 459 g/mol. The molecule has 3 rings (SSSR count). The molecule has 1 heterocycles. The summed E-state index contributed by atoms with van der Waals surface area (Å²) in [4.78, 5) is 10.6. The summed E-state index contributed by atoms with van der Waals surface area (Å²) in [5.74, 6) is -1.62.